The first-order valence-corrected chi connectivity index (χ1v) is 5.51. The van der Waals surface area contributed by atoms with E-state index in [1.807, 2.05) is 12.1 Å². The van der Waals surface area contributed by atoms with E-state index in [0.29, 0.717) is 21.9 Å². The van der Waals surface area contributed by atoms with Crippen molar-refractivity contribution in [2.24, 2.45) is 0 Å². The minimum Gasteiger partial charge on any atom is -0.495 e. The molecule has 4 heteroatoms. The summed E-state index contributed by atoms with van der Waals surface area (Å²) in [5, 5.41) is 10.7. The van der Waals surface area contributed by atoms with E-state index < -0.39 is 6.10 Å². The van der Waals surface area contributed by atoms with Crippen LogP contribution in [0, 0.1) is 0 Å². The molecule has 3 nitrogen and oxygen atoms in total. The summed E-state index contributed by atoms with van der Waals surface area (Å²) in [4.78, 5) is 4.00. The zero-order valence-corrected chi connectivity index (χ0v) is 10.1. The molecule has 1 unspecified atom stereocenters. The number of hydrogen-bond donors (Lipinski definition) is 1. The van der Waals surface area contributed by atoms with Crippen molar-refractivity contribution in [2.45, 2.75) is 6.10 Å². The second-order valence-corrected chi connectivity index (χ2v) is 3.99. The van der Waals surface area contributed by atoms with Crippen LogP contribution in [-0.2, 0) is 0 Å². The predicted octanol–water partition coefficient (Wildman–Crippen LogP) is 2.83. The van der Waals surface area contributed by atoms with Crippen molar-refractivity contribution in [1.82, 2.24) is 4.98 Å². The summed E-state index contributed by atoms with van der Waals surface area (Å²) in [5.74, 6) is 0.605. The molecule has 0 amide bonds. The van der Waals surface area contributed by atoms with Crippen molar-refractivity contribution in [1.29, 1.82) is 0 Å². The van der Waals surface area contributed by atoms with Gasteiger partial charge >= 0.3 is 0 Å². The van der Waals surface area contributed by atoms with Gasteiger partial charge < -0.3 is 9.84 Å². The second kappa shape index (κ2) is 5.17. The first kappa shape index (κ1) is 11.9. The summed E-state index contributed by atoms with van der Waals surface area (Å²) >= 11 is 6.03. The fourth-order valence-corrected chi connectivity index (χ4v) is 1.81. The minimum atomic E-state index is -0.800. The van der Waals surface area contributed by atoms with Crippen molar-refractivity contribution in [3.63, 3.8) is 0 Å². The summed E-state index contributed by atoms with van der Waals surface area (Å²) < 4.78 is 5.06. The lowest BCUT2D eigenvalue weighted by molar-refractivity contribution is 0.219. The average Bonchev–Trinajstić information content (AvgIpc) is 2.38. The number of hydrogen-bond acceptors (Lipinski definition) is 3. The minimum absolute atomic E-state index is 0.530. The Kier molecular flexibility index (Phi) is 3.61. The molecule has 0 bridgehead atoms. The van der Waals surface area contributed by atoms with Gasteiger partial charge in [0.05, 0.1) is 13.3 Å². The van der Waals surface area contributed by atoms with Gasteiger partial charge in [0.15, 0.2) is 0 Å². The van der Waals surface area contributed by atoms with Crippen molar-refractivity contribution < 1.29 is 9.84 Å². The largest absolute Gasteiger partial charge is 0.495 e. The predicted molar refractivity (Wildman–Crippen MR) is 66.3 cm³/mol. The molecule has 1 aromatic carbocycles. The van der Waals surface area contributed by atoms with E-state index in [1.165, 1.54) is 0 Å². The number of methoxy groups -OCH3 is 1. The van der Waals surface area contributed by atoms with Crippen LogP contribution < -0.4 is 4.74 Å². The quantitative estimate of drug-likeness (QED) is 0.910. The number of aliphatic hydroxyl groups is 1. The van der Waals surface area contributed by atoms with Gasteiger partial charge in [-0.1, -0.05) is 29.8 Å². The molecule has 0 aliphatic rings. The Hall–Kier alpha value is -1.58. The number of nitrogens with zero attached hydrogens (tertiary/aromatic N) is 1. The number of pyridine rings is 1. The molecule has 0 aliphatic heterocycles. The van der Waals surface area contributed by atoms with Gasteiger partial charge in [-0.05, 0) is 12.1 Å². The molecule has 1 atom stereocenters. The van der Waals surface area contributed by atoms with Crippen molar-refractivity contribution in [3.8, 4) is 5.75 Å². The monoisotopic (exact) mass is 249 g/mol. The van der Waals surface area contributed by atoms with E-state index in [2.05, 4.69) is 4.98 Å². The zero-order valence-electron chi connectivity index (χ0n) is 9.30. The van der Waals surface area contributed by atoms with E-state index in [-0.39, 0.29) is 0 Å². The maximum atomic E-state index is 10.2. The highest BCUT2D eigenvalue weighted by molar-refractivity contribution is 6.31. The van der Waals surface area contributed by atoms with Gasteiger partial charge in [0, 0.05) is 22.3 Å². The number of rotatable bonds is 3. The highest BCUT2D eigenvalue weighted by Gasteiger charge is 2.14. The Morgan fingerprint density at radius 2 is 2.06 bits per heavy atom. The Bertz CT molecular complexity index is 516. The molecule has 0 fully saturated rings. The maximum Gasteiger partial charge on any atom is 0.137 e. The molecule has 88 valence electrons. The molecule has 0 saturated carbocycles. The third-order valence-electron chi connectivity index (χ3n) is 2.49. The van der Waals surface area contributed by atoms with Gasteiger partial charge in [-0.2, -0.15) is 0 Å². The summed E-state index contributed by atoms with van der Waals surface area (Å²) in [7, 11) is 1.56. The zero-order chi connectivity index (χ0) is 12.3. The molecule has 1 heterocycles. The van der Waals surface area contributed by atoms with Crippen molar-refractivity contribution in [2.75, 3.05) is 7.11 Å². The van der Waals surface area contributed by atoms with E-state index in [1.54, 1.807) is 37.7 Å². The fraction of sp³-hybridized carbons (Fsp3) is 0.154. The lowest BCUT2D eigenvalue weighted by atomic mass is 10.0. The third kappa shape index (κ3) is 2.57. The van der Waals surface area contributed by atoms with Gasteiger partial charge in [-0.15, -0.1) is 0 Å². The molecule has 0 radical (unpaired) electrons. The molecule has 1 N–H and O–H groups in total. The van der Waals surface area contributed by atoms with Crippen LogP contribution in [0.1, 0.15) is 17.2 Å². The summed E-state index contributed by atoms with van der Waals surface area (Å²) in [6.07, 6.45) is 2.38. The first-order valence-electron chi connectivity index (χ1n) is 5.14. The van der Waals surface area contributed by atoms with Crippen molar-refractivity contribution >= 4 is 11.6 Å². The van der Waals surface area contributed by atoms with Crippen LogP contribution in [0.5, 0.6) is 5.75 Å². The van der Waals surface area contributed by atoms with Gasteiger partial charge in [0.2, 0.25) is 0 Å². The van der Waals surface area contributed by atoms with Crippen LogP contribution in [0.3, 0.4) is 0 Å². The Morgan fingerprint density at radius 3 is 2.76 bits per heavy atom. The topological polar surface area (TPSA) is 42.4 Å². The summed E-state index contributed by atoms with van der Waals surface area (Å²) in [6.45, 7) is 0. The highest BCUT2D eigenvalue weighted by atomic mass is 35.5. The second-order valence-electron chi connectivity index (χ2n) is 3.58. The van der Waals surface area contributed by atoms with Crippen molar-refractivity contribution in [3.05, 3.63) is 58.9 Å². The Labute approximate surface area is 105 Å². The van der Waals surface area contributed by atoms with Gasteiger partial charge in [-0.3, -0.25) is 4.98 Å². The van der Waals surface area contributed by atoms with Gasteiger partial charge in [-0.25, -0.2) is 0 Å². The molecule has 2 aromatic rings. The molecule has 2 rings (SSSR count). The van der Waals surface area contributed by atoms with Crippen LogP contribution in [0.25, 0.3) is 0 Å². The summed E-state index contributed by atoms with van der Waals surface area (Å²) in [6, 6.07) is 8.92. The van der Waals surface area contributed by atoms with Crippen LogP contribution in [0.4, 0.5) is 0 Å². The third-order valence-corrected chi connectivity index (χ3v) is 2.83. The molecular formula is C13H12ClNO2. The van der Waals surface area contributed by atoms with Crippen LogP contribution in [0.2, 0.25) is 5.02 Å². The van der Waals surface area contributed by atoms with E-state index >= 15 is 0 Å². The normalized spacial score (nSPS) is 12.2. The number of benzene rings is 1. The fourth-order valence-electron chi connectivity index (χ4n) is 1.57. The number of ether oxygens (including phenoxy) is 1. The molecule has 0 saturated heterocycles. The molecule has 17 heavy (non-hydrogen) atoms. The standard InChI is InChI=1S/C13H12ClNO2/c1-17-10-6-9(7-15-8-10)13(16)11-4-2-3-5-12(11)14/h2-8,13,16H,1H3. The maximum absolute atomic E-state index is 10.2. The molecule has 1 aromatic heterocycles. The van der Waals surface area contributed by atoms with Gasteiger partial charge in [0.25, 0.3) is 0 Å². The van der Waals surface area contributed by atoms with Crippen LogP contribution in [0.15, 0.2) is 42.7 Å². The smallest absolute Gasteiger partial charge is 0.137 e. The average molecular weight is 250 g/mol. The molecule has 0 spiro atoms. The molecule has 0 aliphatic carbocycles. The number of aromatic nitrogens is 1. The number of halogens is 1. The van der Waals surface area contributed by atoms with E-state index in [4.69, 9.17) is 16.3 Å². The highest BCUT2D eigenvalue weighted by Crippen LogP contribution is 2.28. The lowest BCUT2D eigenvalue weighted by Gasteiger charge is -2.13. The number of aliphatic hydroxyl groups excluding tert-OH is 1. The van der Waals surface area contributed by atoms with Crippen LogP contribution >= 0.6 is 11.6 Å². The Morgan fingerprint density at radius 1 is 1.29 bits per heavy atom. The SMILES string of the molecule is COc1cncc(C(O)c2ccccc2Cl)c1. The van der Waals surface area contributed by atoms with E-state index in [0.717, 1.165) is 0 Å². The first-order chi connectivity index (χ1) is 8.22. The Balaban J connectivity index is 2.37. The lowest BCUT2D eigenvalue weighted by Crippen LogP contribution is -2.01. The van der Waals surface area contributed by atoms with E-state index in [9.17, 15) is 5.11 Å². The summed E-state index contributed by atoms with van der Waals surface area (Å²) in [5.41, 5.74) is 1.31. The molecular weight excluding hydrogens is 238 g/mol. The van der Waals surface area contributed by atoms with Gasteiger partial charge in [0.1, 0.15) is 11.9 Å². The van der Waals surface area contributed by atoms with Crippen LogP contribution in [-0.4, -0.2) is 17.2 Å².